The Hall–Kier alpha value is -0.700. The minimum atomic E-state index is -0.467. The Morgan fingerprint density at radius 3 is 2.50 bits per heavy atom. The third kappa shape index (κ3) is 2.06. The van der Waals surface area contributed by atoms with E-state index in [0.717, 1.165) is 25.7 Å². The van der Waals surface area contributed by atoms with E-state index in [1.54, 1.807) is 6.92 Å². The summed E-state index contributed by atoms with van der Waals surface area (Å²) >= 11 is 0. The van der Waals surface area contributed by atoms with Crippen LogP contribution in [-0.2, 0) is 9.59 Å². The van der Waals surface area contributed by atoms with Gasteiger partial charge < -0.3 is 5.11 Å². The number of carbonyl (C=O) groups is 2. The van der Waals surface area contributed by atoms with Crippen molar-refractivity contribution in [3.05, 3.63) is 0 Å². The van der Waals surface area contributed by atoms with Crippen molar-refractivity contribution in [2.45, 2.75) is 78.2 Å². The molecular formula is C21H32O3. The Kier molecular flexibility index (Phi) is 3.77. The van der Waals surface area contributed by atoms with Crippen molar-refractivity contribution >= 4 is 11.6 Å². The maximum absolute atomic E-state index is 12.2. The Bertz CT molecular complexity index is 569. The van der Waals surface area contributed by atoms with E-state index >= 15 is 0 Å². The first kappa shape index (κ1) is 16.8. The molecule has 0 aromatic heterocycles. The van der Waals surface area contributed by atoms with Gasteiger partial charge in [-0.3, -0.25) is 9.59 Å². The Labute approximate surface area is 145 Å². The summed E-state index contributed by atoms with van der Waals surface area (Å²) in [6, 6.07) is 0. The second-order valence-electron chi connectivity index (χ2n) is 9.76. The number of hydrogen-bond donors (Lipinski definition) is 1. The van der Waals surface area contributed by atoms with Crippen LogP contribution in [0.4, 0.5) is 0 Å². The molecule has 0 bridgehead atoms. The maximum atomic E-state index is 12.2. The third-order valence-electron chi connectivity index (χ3n) is 9.07. The first-order valence-corrected chi connectivity index (χ1v) is 9.98. The lowest BCUT2D eigenvalue weighted by atomic mass is 9.44. The van der Waals surface area contributed by atoms with Crippen LogP contribution < -0.4 is 0 Å². The molecule has 3 nitrogen and oxygen atoms in total. The highest BCUT2D eigenvalue weighted by Crippen LogP contribution is 2.67. The summed E-state index contributed by atoms with van der Waals surface area (Å²) in [6.45, 7) is 6.41. The fraction of sp³-hybridized carbons (Fsp3) is 0.905. The molecule has 0 radical (unpaired) electrons. The monoisotopic (exact) mass is 332 g/mol. The number of fused-ring (bicyclic) bond motifs is 5. The molecule has 24 heavy (non-hydrogen) atoms. The van der Waals surface area contributed by atoms with Gasteiger partial charge in [-0.05, 0) is 74.5 Å². The van der Waals surface area contributed by atoms with Crippen molar-refractivity contribution in [3.8, 4) is 0 Å². The van der Waals surface area contributed by atoms with Crippen molar-refractivity contribution in [3.63, 3.8) is 0 Å². The van der Waals surface area contributed by atoms with Crippen LogP contribution in [0.1, 0.15) is 72.1 Å². The molecule has 8 atom stereocenters. The van der Waals surface area contributed by atoms with E-state index in [1.807, 2.05) is 0 Å². The van der Waals surface area contributed by atoms with E-state index < -0.39 is 6.10 Å². The summed E-state index contributed by atoms with van der Waals surface area (Å²) in [5.41, 5.74) is 0.0815. The number of Topliss-reactive ketones (excluding diaryl/α,β-unsaturated/α-hetero) is 2. The van der Waals surface area contributed by atoms with Crippen molar-refractivity contribution in [1.29, 1.82) is 0 Å². The van der Waals surface area contributed by atoms with Crippen LogP contribution in [0.3, 0.4) is 0 Å². The topological polar surface area (TPSA) is 54.4 Å². The predicted molar refractivity (Wildman–Crippen MR) is 92.3 cm³/mol. The average Bonchev–Trinajstić information content (AvgIpc) is 2.86. The highest BCUT2D eigenvalue weighted by molar-refractivity contribution is 5.80. The van der Waals surface area contributed by atoms with Gasteiger partial charge in [0.25, 0.3) is 0 Å². The van der Waals surface area contributed by atoms with Gasteiger partial charge in [0.05, 0.1) is 6.10 Å². The van der Waals surface area contributed by atoms with E-state index in [4.69, 9.17) is 0 Å². The number of aliphatic hydroxyl groups is 1. The highest BCUT2D eigenvalue weighted by Gasteiger charge is 2.62. The largest absolute Gasteiger partial charge is 0.392 e. The van der Waals surface area contributed by atoms with Crippen molar-refractivity contribution < 1.29 is 14.7 Å². The zero-order chi connectivity index (χ0) is 17.3. The molecule has 4 fully saturated rings. The molecule has 0 aliphatic heterocycles. The standard InChI is InChI=1S/C21H32O3/c1-12(22)16-6-7-17-15-5-4-13-10-14(23)11-19(24)21(13,3)18(15)8-9-20(16,17)2/h13,15-19,24H,4-11H2,1-3H3/t13?,15?,16-,17?,18?,19?,20?,21+/m1/s1. The van der Waals surface area contributed by atoms with Crippen LogP contribution in [0.5, 0.6) is 0 Å². The van der Waals surface area contributed by atoms with Crippen molar-refractivity contribution in [2.75, 3.05) is 0 Å². The summed E-state index contributed by atoms with van der Waals surface area (Å²) in [6.07, 6.45) is 7.31. The lowest BCUT2D eigenvalue weighted by molar-refractivity contribution is -0.171. The number of hydrogen-bond acceptors (Lipinski definition) is 3. The van der Waals surface area contributed by atoms with Gasteiger partial charge in [-0.2, -0.15) is 0 Å². The molecule has 4 saturated carbocycles. The SMILES string of the molecule is CC(=O)[C@H]1CCC2C3CCC4CC(=O)CC(O)[C@]4(C)C3CCC21C. The lowest BCUT2D eigenvalue weighted by Crippen LogP contribution is -2.58. The minimum Gasteiger partial charge on any atom is -0.392 e. The van der Waals surface area contributed by atoms with Gasteiger partial charge in [-0.25, -0.2) is 0 Å². The first-order chi connectivity index (χ1) is 11.3. The molecule has 1 N–H and O–H groups in total. The molecule has 4 aliphatic rings. The summed E-state index contributed by atoms with van der Waals surface area (Å²) in [7, 11) is 0. The second-order valence-corrected chi connectivity index (χ2v) is 9.76. The molecule has 0 aromatic carbocycles. The van der Waals surface area contributed by atoms with Gasteiger partial charge in [0, 0.05) is 24.2 Å². The summed E-state index contributed by atoms with van der Waals surface area (Å²) in [5, 5.41) is 10.8. The van der Waals surface area contributed by atoms with Crippen molar-refractivity contribution in [1.82, 2.24) is 0 Å². The third-order valence-corrected chi connectivity index (χ3v) is 9.07. The molecule has 6 unspecified atom stereocenters. The fourth-order valence-corrected chi connectivity index (χ4v) is 7.77. The predicted octanol–water partition coefficient (Wildman–Crippen LogP) is 3.77. The average molecular weight is 332 g/mol. The number of rotatable bonds is 1. The number of ketones is 2. The first-order valence-electron chi connectivity index (χ1n) is 9.98. The van der Waals surface area contributed by atoms with E-state index in [9.17, 15) is 14.7 Å². The van der Waals surface area contributed by atoms with E-state index in [1.165, 1.54) is 12.8 Å². The highest BCUT2D eigenvalue weighted by atomic mass is 16.3. The summed E-state index contributed by atoms with van der Waals surface area (Å²) < 4.78 is 0. The van der Waals surface area contributed by atoms with Gasteiger partial charge in [0.15, 0.2) is 0 Å². The zero-order valence-corrected chi connectivity index (χ0v) is 15.4. The molecule has 0 spiro atoms. The Morgan fingerprint density at radius 1 is 1.04 bits per heavy atom. The molecule has 0 amide bonds. The smallest absolute Gasteiger partial charge is 0.135 e. The van der Waals surface area contributed by atoms with Crippen LogP contribution >= 0.6 is 0 Å². The molecule has 4 aliphatic carbocycles. The second kappa shape index (κ2) is 5.40. The molecule has 0 aromatic rings. The van der Waals surface area contributed by atoms with Gasteiger partial charge in [-0.1, -0.05) is 13.8 Å². The quantitative estimate of drug-likeness (QED) is 0.795. The molecule has 0 saturated heterocycles. The lowest BCUT2D eigenvalue weighted by Gasteiger charge is -2.61. The maximum Gasteiger partial charge on any atom is 0.135 e. The van der Waals surface area contributed by atoms with Gasteiger partial charge >= 0.3 is 0 Å². The van der Waals surface area contributed by atoms with E-state index in [2.05, 4.69) is 13.8 Å². The summed E-state index contributed by atoms with van der Waals surface area (Å²) in [5.74, 6) is 3.03. The summed E-state index contributed by atoms with van der Waals surface area (Å²) in [4.78, 5) is 24.2. The Balaban J connectivity index is 1.66. The zero-order valence-electron chi connectivity index (χ0n) is 15.4. The van der Waals surface area contributed by atoms with Gasteiger partial charge in [-0.15, -0.1) is 0 Å². The molecular weight excluding hydrogens is 300 g/mol. The Morgan fingerprint density at radius 2 is 1.79 bits per heavy atom. The molecule has 3 heteroatoms. The van der Waals surface area contributed by atoms with Crippen LogP contribution in [0.2, 0.25) is 0 Å². The van der Waals surface area contributed by atoms with E-state index in [-0.39, 0.29) is 22.5 Å². The van der Waals surface area contributed by atoms with E-state index in [0.29, 0.717) is 42.3 Å². The van der Waals surface area contributed by atoms with Gasteiger partial charge in [0.1, 0.15) is 11.6 Å². The van der Waals surface area contributed by atoms with Crippen LogP contribution in [0.15, 0.2) is 0 Å². The normalized spacial score (nSPS) is 53.9. The van der Waals surface area contributed by atoms with Crippen LogP contribution in [0, 0.1) is 40.4 Å². The molecule has 134 valence electrons. The van der Waals surface area contributed by atoms with Gasteiger partial charge in [0.2, 0.25) is 0 Å². The van der Waals surface area contributed by atoms with Crippen LogP contribution in [-0.4, -0.2) is 22.8 Å². The fourth-order valence-electron chi connectivity index (χ4n) is 7.77. The molecule has 0 heterocycles. The number of carbonyl (C=O) groups excluding carboxylic acids is 2. The van der Waals surface area contributed by atoms with Crippen molar-refractivity contribution in [2.24, 2.45) is 40.4 Å². The minimum absolute atomic E-state index is 0.0908. The van der Waals surface area contributed by atoms with Crippen LogP contribution in [0.25, 0.3) is 0 Å². The number of aliphatic hydroxyl groups excluding tert-OH is 1. The molecule has 4 rings (SSSR count).